The van der Waals surface area contributed by atoms with Crippen LogP contribution in [0.2, 0.25) is 0 Å². The fourth-order valence-corrected chi connectivity index (χ4v) is 2.85. The number of hydrogen-bond donors (Lipinski definition) is 2. The summed E-state index contributed by atoms with van der Waals surface area (Å²) < 4.78 is 41.0. The third-order valence-electron chi connectivity index (χ3n) is 3.95. The van der Waals surface area contributed by atoms with Gasteiger partial charge in [-0.2, -0.15) is 18.2 Å². The Bertz CT molecular complexity index is 926. The Morgan fingerprint density at radius 2 is 1.54 bits per heavy atom. The molecule has 0 fully saturated rings. The molecule has 2 aromatic carbocycles. The van der Waals surface area contributed by atoms with E-state index in [0.29, 0.717) is 11.4 Å². The highest BCUT2D eigenvalue weighted by Gasteiger charge is 2.35. The molecule has 4 nitrogen and oxygen atoms in total. The second-order valence-electron chi connectivity index (χ2n) is 6.16. The normalized spacial score (nSPS) is 11.3. The van der Waals surface area contributed by atoms with Crippen LogP contribution in [-0.4, -0.2) is 9.97 Å². The van der Waals surface area contributed by atoms with Crippen molar-refractivity contribution in [1.82, 2.24) is 9.97 Å². The van der Waals surface area contributed by atoms with Crippen molar-refractivity contribution in [2.45, 2.75) is 25.9 Å². The molecule has 0 aliphatic heterocycles. The summed E-state index contributed by atoms with van der Waals surface area (Å²) in [4.78, 5) is 7.86. The maximum absolute atomic E-state index is 13.4. The second kappa shape index (κ2) is 8.60. The molecule has 0 radical (unpaired) electrons. The van der Waals surface area contributed by atoms with E-state index in [1.807, 2.05) is 24.3 Å². The second-order valence-corrected chi connectivity index (χ2v) is 7.07. The Morgan fingerprint density at radius 3 is 2.14 bits per heavy atom. The lowest BCUT2D eigenvalue weighted by atomic mass is 10.1. The molecular weight excluding hydrogens is 433 g/mol. The maximum atomic E-state index is 13.4. The Morgan fingerprint density at radius 1 is 0.929 bits per heavy atom. The van der Waals surface area contributed by atoms with Crippen LogP contribution in [-0.2, 0) is 12.6 Å². The zero-order valence-electron chi connectivity index (χ0n) is 15.0. The fraction of sp³-hybridized carbons (Fsp3) is 0.200. The van der Waals surface area contributed by atoms with Crippen molar-refractivity contribution < 1.29 is 13.2 Å². The summed E-state index contributed by atoms with van der Waals surface area (Å²) in [6.45, 7) is 2.07. The average molecular weight is 451 g/mol. The number of hydrogen-bond acceptors (Lipinski definition) is 4. The number of aromatic nitrogens is 2. The quantitative estimate of drug-likeness (QED) is 0.438. The SMILES string of the molecule is CCCc1ccc(Nc2nc(Nc3ccc(Br)cc3)ncc2C(F)(F)F)cc1. The molecule has 2 N–H and O–H groups in total. The lowest BCUT2D eigenvalue weighted by Gasteiger charge is -2.15. The summed E-state index contributed by atoms with van der Waals surface area (Å²) in [6, 6.07) is 14.4. The minimum atomic E-state index is -4.57. The summed E-state index contributed by atoms with van der Waals surface area (Å²) in [5.74, 6) is -0.231. The monoisotopic (exact) mass is 450 g/mol. The maximum Gasteiger partial charge on any atom is 0.421 e. The van der Waals surface area contributed by atoms with Crippen molar-refractivity contribution in [3.05, 3.63) is 70.3 Å². The molecule has 0 amide bonds. The van der Waals surface area contributed by atoms with Gasteiger partial charge < -0.3 is 10.6 Å². The van der Waals surface area contributed by atoms with E-state index in [1.54, 1.807) is 24.3 Å². The molecule has 0 spiro atoms. The van der Waals surface area contributed by atoms with E-state index < -0.39 is 11.7 Å². The van der Waals surface area contributed by atoms with E-state index in [9.17, 15) is 13.2 Å². The molecule has 28 heavy (non-hydrogen) atoms. The van der Waals surface area contributed by atoms with Crippen molar-refractivity contribution in [2.24, 2.45) is 0 Å². The minimum absolute atomic E-state index is 0.0698. The van der Waals surface area contributed by atoms with Crippen LogP contribution in [0.15, 0.2) is 59.2 Å². The summed E-state index contributed by atoms with van der Waals surface area (Å²) in [5, 5.41) is 5.68. The number of alkyl halides is 3. The van der Waals surface area contributed by atoms with Crippen LogP contribution < -0.4 is 10.6 Å². The lowest BCUT2D eigenvalue weighted by Crippen LogP contribution is -2.12. The van der Waals surface area contributed by atoms with Crippen molar-refractivity contribution in [2.75, 3.05) is 10.6 Å². The van der Waals surface area contributed by atoms with E-state index in [-0.39, 0.29) is 11.8 Å². The smallest absolute Gasteiger partial charge is 0.340 e. The zero-order valence-corrected chi connectivity index (χ0v) is 16.6. The summed E-state index contributed by atoms with van der Waals surface area (Å²) in [7, 11) is 0. The fourth-order valence-electron chi connectivity index (χ4n) is 2.59. The van der Waals surface area contributed by atoms with Crippen molar-refractivity contribution >= 4 is 39.1 Å². The predicted octanol–water partition coefficient (Wildman–Crippen LogP) is 6.70. The van der Waals surface area contributed by atoms with Crippen LogP contribution in [0.3, 0.4) is 0 Å². The molecule has 0 saturated heterocycles. The van der Waals surface area contributed by atoms with Crippen molar-refractivity contribution in [1.29, 1.82) is 0 Å². The molecule has 8 heteroatoms. The highest BCUT2D eigenvalue weighted by atomic mass is 79.9. The van der Waals surface area contributed by atoms with E-state index >= 15 is 0 Å². The summed E-state index contributed by atoms with van der Waals surface area (Å²) in [5.41, 5.74) is 1.40. The van der Waals surface area contributed by atoms with Crippen molar-refractivity contribution in [3.63, 3.8) is 0 Å². The van der Waals surface area contributed by atoms with Crippen LogP contribution in [0.4, 0.5) is 36.3 Å². The zero-order chi connectivity index (χ0) is 20.1. The Labute approximate surface area is 169 Å². The third kappa shape index (κ3) is 5.22. The van der Waals surface area contributed by atoms with Gasteiger partial charge in [0.05, 0.1) is 0 Å². The first-order valence-corrected chi connectivity index (χ1v) is 9.47. The molecule has 3 rings (SSSR count). The topological polar surface area (TPSA) is 49.8 Å². The first-order chi connectivity index (χ1) is 13.3. The average Bonchev–Trinajstić information content (AvgIpc) is 2.65. The number of nitrogens with zero attached hydrogens (tertiary/aromatic N) is 2. The summed E-state index contributed by atoms with van der Waals surface area (Å²) >= 11 is 3.33. The van der Waals surface area contributed by atoms with Gasteiger partial charge in [-0.3, -0.25) is 0 Å². The van der Waals surface area contributed by atoms with Gasteiger partial charge in [-0.05, 0) is 48.4 Å². The van der Waals surface area contributed by atoms with Crippen LogP contribution >= 0.6 is 15.9 Å². The molecular formula is C20H18BrF3N4. The Hall–Kier alpha value is -2.61. The largest absolute Gasteiger partial charge is 0.421 e. The highest BCUT2D eigenvalue weighted by molar-refractivity contribution is 9.10. The van der Waals surface area contributed by atoms with Gasteiger partial charge in [0.1, 0.15) is 11.4 Å². The Balaban J connectivity index is 1.88. The molecule has 3 aromatic rings. The van der Waals surface area contributed by atoms with Gasteiger partial charge in [0.2, 0.25) is 5.95 Å². The molecule has 1 heterocycles. The predicted molar refractivity (Wildman–Crippen MR) is 108 cm³/mol. The minimum Gasteiger partial charge on any atom is -0.340 e. The molecule has 0 unspecified atom stereocenters. The number of anilines is 4. The third-order valence-corrected chi connectivity index (χ3v) is 4.48. The summed E-state index contributed by atoms with van der Waals surface area (Å²) in [6.07, 6.45) is -1.87. The molecule has 1 aromatic heterocycles. The number of aryl methyl sites for hydroxylation is 1. The Kier molecular flexibility index (Phi) is 6.18. The molecule has 0 atom stereocenters. The van der Waals surface area contributed by atoms with Gasteiger partial charge in [-0.15, -0.1) is 0 Å². The molecule has 146 valence electrons. The van der Waals surface area contributed by atoms with Crippen LogP contribution in [0.25, 0.3) is 0 Å². The molecule has 0 aliphatic carbocycles. The number of nitrogens with one attached hydrogen (secondary N) is 2. The number of rotatable bonds is 6. The first kappa shape index (κ1) is 20.1. The van der Waals surface area contributed by atoms with Crippen LogP contribution in [0.5, 0.6) is 0 Å². The number of benzene rings is 2. The van der Waals surface area contributed by atoms with Gasteiger partial charge in [-0.1, -0.05) is 41.4 Å². The van der Waals surface area contributed by atoms with Crippen LogP contribution in [0, 0.1) is 0 Å². The number of halogens is 4. The lowest BCUT2D eigenvalue weighted by molar-refractivity contribution is -0.137. The van der Waals surface area contributed by atoms with Gasteiger partial charge in [0, 0.05) is 22.0 Å². The van der Waals surface area contributed by atoms with Gasteiger partial charge >= 0.3 is 6.18 Å². The van der Waals surface area contributed by atoms with Gasteiger partial charge in [-0.25, -0.2) is 4.98 Å². The van der Waals surface area contributed by atoms with E-state index in [0.717, 1.165) is 29.1 Å². The standard InChI is InChI=1S/C20H18BrF3N4/c1-2-3-13-4-8-15(9-5-13)26-18-17(20(22,23)24)12-25-19(28-18)27-16-10-6-14(21)7-11-16/h4-12H,2-3H2,1H3,(H2,25,26,27,28). The molecule has 0 saturated carbocycles. The van der Waals surface area contributed by atoms with E-state index in [2.05, 4.69) is 43.5 Å². The van der Waals surface area contributed by atoms with E-state index in [4.69, 9.17) is 0 Å². The first-order valence-electron chi connectivity index (χ1n) is 8.68. The van der Waals surface area contributed by atoms with Gasteiger partial charge in [0.25, 0.3) is 0 Å². The molecule has 0 bridgehead atoms. The van der Waals surface area contributed by atoms with Crippen molar-refractivity contribution in [3.8, 4) is 0 Å². The van der Waals surface area contributed by atoms with E-state index in [1.165, 1.54) is 0 Å². The highest BCUT2D eigenvalue weighted by Crippen LogP contribution is 2.35. The van der Waals surface area contributed by atoms with Gasteiger partial charge in [0.15, 0.2) is 0 Å². The molecule has 0 aliphatic rings. The van der Waals surface area contributed by atoms with Crippen LogP contribution in [0.1, 0.15) is 24.5 Å².